The minimum atomic E-state index is -0.184. The predicted octanol–water partition coefficient (Wildman–Crippen LogP) is 4.47. The number of carbonyl (C=O) groups is 2. The van der Waals surface area contributed by atoms with Crippen LogP contribution in [0.4, 0.5) is 0 Å². The van der Waals surface area contributed by atoms with Crippen molar-refractivity contribution in [3.8, 4) is 0 Å². The summed E-state index contributed by atoms with van der Waals surface area (Å²) in [6, 6.07) is 0. The Balaban J connectivity index is 1.73. The molecule has 5 heteroatoms. The zero-order valence-corrected chi connectivity index (χ0v) is 19.4. The standard InChI is InChI=1S/C23H33IO4/c1-13(25)17-6-7-18-16-5-4-14-10-15(26)8-9-22(14,2)21(16)19(11-23(17,18)3)28-20(27)12-24/h6,14-16,18-19,21,26H,4-5,7-12H2,1-3H3/t14?,15?,16-,18-,19?,21+,22-,23+/m0/s1. The van der Waals surface area contributed by atoms with E-state index in [0.717, 1.165) is 50.5 Å². The van der Waals surface area contributed by atoms with E-state index in [-0.39, 0.29) is 34.8 Å². The third kappa shape index (κ3) is 3.10. The summed E-state index contributed by atoms with van der Waals surface area (Å²) >= 11 is 2.08. The molecule has 0 aromatic rings. The number of carbonyl (C=O) groups excluding carboxylic acids is 2. The van der Waals surface area contributed by atoms with Crippen molar-refractivity contribution in [1.82, 2.24) is 0 Å². The second-order valence-corrected chi connectivity index (χ2v) is 11.0. The Morgan fingerprint density at radius 2 is 2.04 bits per heavy atom. The molecule has 3 unspecified atom stereocenters. The second kappa shape index (κ2) is 7.36. The van der Waals surface area contributed by atoms with Crippen LogP contribution in [0.15, 0.2) is 11.6 Å². The van der Waals surface area contributed by atoms with Crippen LogP contribution in [0, 0.1) is 34.5 Å². The minimum absolute atomic E-state index is 0.110. The van der Waals surface area contributed by atoms with Crippen molar-refractivity contribution in [2.75, 3.05) is 4.43 Å². The van der Waals surface area contributed by atoms with Gasteiger partial charge in [0.05, 0.1) is 10.5 Å². The van der Waals surface area contributed by atoms with E-state index in [1.807, 2.05) is 0 Å². The van der Waals surface area contributed by atoms with Gasteiger partial charge in [0.25, 0.3) is 0 Å². The van der Waals surface area contributed by atoms with Crippen molar-refractivity contribution < 1.29 is 19.4 Å². The van der Waals surface area contributed by atoms with Crippen LogP contribution in [0.2, 0.25) is 0 Å². The summed E-state index contributed by atoms with van der Waals surface area (Å²) in [6.45, 7) is 6.30. The Kier molecular flexibility index (Phi) is 5.48. The lowest BCUT2D eigenvalue weighted by Crippen LogP contribution is -2.59. The van der Waals surface area contributed by atoms with Crippen molar-refractivity contribution in [1.29, 1.82) is 0 Å². The van der Waals surface area contributed by atoms with Crippen molar-refractivity contribution in [2.45, 2.75) is 77.9 Å². The van der Waals surface area contributed by atoms with Gasteiger partial charge in [0.1, 0.15) is 6.10 Å². The number of fused-ring (bicyclic) bond motifs is 5. The summed E-state index contributed by atoms with van der Waals surface area (Å²) in [5.74, 6) is 1.82. The number of alkyl halides is 1. The molecule has 3 saturated carbocycles. The molecule has 0 amide bonds. The number of aliphatic hydroxyl groups is 1. The Hall–Kier alpha value is -0.430. The van der Waals surface area contributed by atoms with Gasteiger partial charge in [0, 0.05) is 11.3 Å². The molecule has 0 spiro atoms. The van der Waals surface area contributed by atoms with Crippen molar-refractivity contribution in [3.05, 3.63) is 11.6 Å². The van der Waals surface area contributed by atoms with E-state index in [2.05, 4.69) is 42.5 Å². The van der Waals surface area contributed by atoms with Crippen LogP contribution >= 0.6 is 22.6 Å². The topological polar surface area (TPSA) is 63.6 Å². The highest BCUT2D eigenvalue weighted by molar-refractivity contribution is 14.1. The molecule has 0 heterocycles. The molecular formula is C23H33IO4. The van der Waals surface area contributed by atoms with E-state index in [9.17, 15) is 14.7 Å². The van der Waals surface area contributed by atoms with Gasteiger partial charge in [-0.05, 0) is 80.6 Å². The van der Waals surface area contributed by atoms with E-state index in [1.165, 1.54) is 0 Å². The zero-order valence-electron chi connectivity index (χ0n) is 17.2. The van der Waals surface area contributed by atoms with Gasteiger partial charge in [-0.15, -0.1) is 0 Å². The molecule has 1 N–H and O–H groups in total. The number of Topliss-reactive ketones (excluding diaryl/α,β-unsaturated/α-hetero) is 1. The minimum Gasteiger partial charge on any atom is -0.461 e. The molecule has 156 valence electrons. The maximum atomic E-state index is 12.4. The number of hydrogen-bond donors (Lipinski definition) is 1. The van der Waals surface area contributed by atoms with Gasteiger partial charge in [-0.2, -0.15) is 0 Å². The highest BCUT2D eigenvalue weighted by Gasteiger charge is 2.63. The quantitative estimate of drug-likeness (QED) is 0.353. The highest BCUT2D eigenvalue weighted by atomic mass is 127. The van der Waals surface area contributed by atoms with Gasteiger partial charge in [-0.1, -0.05) is 42.5 Å². The normalized spacial score (nSPS) is 47.4. The van der Waals surface area contributed by atoms with Gasteiger partial charge in [-0.3, -0.25) is 9.59 Å². The van der Waals surface area contributed by atoms with Crippen LogP contribution in [-0.4, -0.2) is 33.5 Å². The lowest BCUT2D eigenvalue weighted by Gasteiger charge is -2.62. The van der Waals surface area contributed by atoms with Gasteiger partial charge >= 0.3 is 5.97 Å². The number of aliphatic hydroxyl groups excluding tert-OH is 1. The Morgan fingerprint density at radius 3 is 2.71 bits per heavy atom. The predicted molar refractivity (Wildman–Crippen MR) is 116 cm³/mol. The van der Waals surface area contributed by atoms with E-state index in [4.69, 9.17) is 4.74 Å². The van der Waals surface area contributed by atoms with Crippen LogP contribution in [0.1, 0.15) is 65.7 Å². The third-order valence-corrected chi connectivity index (χ3v) is 9.52. The first-order valence-electron chi connectivity index (χ1n) is 10.9. The zero-order chi connectivity index (χ0) is 20.3. The fraction of sp³-hybridized carbons (Fsp3) is 0.826. The van der Waals surface area contributed by atoms with Crippen LogP contribution < -0.4 is 0 Å². The van der Waals surface area contributed by atoms with Gasteiger partial charge in [-0.25, -0.2) is 0 Å². The van der Waals surface area contributed by atoms with Crippen LogP contribution in [0.5, 0.6) is 0 Å². The SMILES string of the molecule is CC(=O)C1=CC[C@H]2[C@@H]3CCC4CC(O)CC[C@]4(C)[C@H]3C(OC(=O)CI)C[C@]12C. The molecule has 28 heavy (non-hydrogen) atoms. The van der Waals surface area contributed by atoms with Gasteiger partial charge in [0.2, 0.25) is 0 Å². The molecule has 3 fully saturated rings. The lowest BCUT2D eigenvalue weighted by molar-refractivity contribution is -0.191. The summed E-state index contributed by atoms with van der Waals surface area (Å²) in [7, 11) is 0. The monoisotopic (exact) mass is 500 g/mol. The largest absolute Gasteiger partial charge is 0.461 e. The molecular weight excluding hydrogens is 467 g/mol. The number of ketones is 1. The first-order valence-corrected chi connectivity index (χ1v) is 12.4. The second-order valence-electron chi connectivity index (χ2n) is 10.2. The summed E-state index contributed by atoms with van der Waals surface area (Å²) < 4.78 is 6.47. The van der Waals surface area contributed by atoms with Crippen molar-refractivity contribution in [3.63, 3.8) is 0 Å². The van der Waals surface area contributed by atoms with Crippen molar-refractivity contribution in [2.24, 2.45) is 34.5 Å². The van der Waals surface area contributed by atoms with Crippen LogP contribution in [0.25, 0.3) is 0 Å². The average molecular weight is 500 g/mol. The van der Waals surface area contributed by atoms with Gasteiger partial charge < -0.3 is 9.84 Å². The highest BCUT2D eigenvalue weighted by Crippen LogP contribution is 2.66. The summed E-state index contributed by atoms with van der Waals surface area (Å²) in [6.07, 6.45) is 8.60. The number of rotatable bonds is 3. The molecule has 0 bridgehead atoms. The molecule has 4 nitrogen and oxygen atoms in total. The van der Waals surface area contributed by atoms with Gasteiger partial charge in [0.15, 0.2) is 5.78 Å². The summed E-state index contributed by atoms with van der Waals surface area (Å²) in [5, 5.41) is 10.3. The number of ether oxygens (including phenoxy) is 1. The molecule has 0 aliphatic heterocycles. The molecule has 4 aliphatic rings. The Bertz CT molecular complexity index is 703. The first-order chi connectivity index (χ1) is 13.2. The van der Waals surface area contributed by atoms with E-state index < -0.39 is 0 Å². The summed E-state index contributed by atoms with van der Waals surface area (Å²) in [4.78, 5) is 24.7. The van der Waals surface area contributed by atoms with Crippen LogP contribution in [-0.2, 0) is 14.3 Å². The number of esters is 1. The third-order valence-electron chi connectivity index (χ3n) is 8.90. The maximum absolute atomic E-state index is 12.4. The molecule has 4 rings (SSSR count). The van der Waals surface area contributed by atoms with Crippen molar-refractivity contribution >= 4 is 34.3 Å². The number of halogens is 1. The molecule has 0 radical (unpaired) electrons. The van der Waals surface area contributed by atoms with E-state index >= 15 is 0 Å². The Morgan fingerprint density at radius 1 is 1.29 bits per heavy atom. The fourth-order valence-corrected chi connectivity index (χ4v) is 7.93. The fourth-order valence-electron chi connectivity index (χ4n) is 7.75. The molecule has 0 aromatic carbocycles. The number of hydrogen-bond acceptors (Lipinski definition) is 4. The lowest BCUT2D eigenvalue weighted by atomic mass is 9.44. The molecule has 4 aliphatic carbocycles. The molecule has 8 atom stereocenters. The number of allylic oxidation sites excluding steroid dienone is 2. The van der Waals surface area contributed by atoms with E-state index in [0.29, 0.717) is 28.1 Å². The molecule has 0 aromatic heterocycles. The van der Waals surface area contributed by atoms with Crippen LogP contribution in [0.3, 0.4) is 0 Å². The summed E-state index contributed by atoms with van der Waals surface area (Å²) in [5.41, 5.74) is 0.886. The Labute approximate surface area is 182 Å². The average Bonchev–Trinajstić information content (AvgIpc) is 2.98. The smallest absolute Gasteiger partial charge is 0.316 e. The first kappa shape index (κ1) is 20.8. The maximum Gasteiger partial charge on any atom is 0.316 e. The molecule has 0 saturated heterocycles. The van der Waals surface area contributed by atoms with E-state index in [1.54, 1.807) is 6.92 Å².